The van der Waals surface area contributed by atoms with E-state index in [1.807, 2.05) is 33.8 Å². The van der Waals surface area contributed by atoms with Gasteiger partial charge >= 0.3 is 5.97 Å². The molecule has 3 atom stereocenters. The summed E-state index contributed by atoms with van der Waals surface area (Å²) >= 11 is 3.36. The number of aromatic nitrogens is 2. The third kappa shape index (κ3) is 10.2. The normalized spacial score (nSPS) is 20.3. The smallest absolute Gasteiger partial charge is 0.306 e. The summed E-state index contributed by atoms with van der Waals surface area (Å²) in [5, 5.41) is 6.25. The molecule has 0 bridgehead atoms. The molecule has 2 aromatic rings. The molecule has 13 nitrogen and oxygen atoms in total. The lowest BCUT2D eigenvalue weighted by Crippen LogP contribution is -2.44. The molecule has 1 saturated heterocycles. The predicted molar refractivity (Wildman–Crippen MR) is 176 cm³/mol. The number of esters is 1. The summed E-state index contributed by atoms with van der Waals surface area (Å²) in [6, 6.07) is 1.81. The van der Waals surface area contributed by atoms with E-state index in [2.05, 4.69) is 29.0 Å². The molecule has 4 rings (SSSR count). The van der Waals surface area contributed by atoms with Crippen LogP contribution < -0.4 is 25.0 Å². The maximum Gasteiger partial charge on any atom is 0.306 e. The van der Waals surface area contributed by atoms with Gasteiger partial charge in [-0.1, -0.05) is 6.92 Å². The van der Waals surface area contributed by atoms with E-state index in [9.17, 15) is 18.0 Å². The molecule has 0 aromatic carbocycles. The molecule has 2 aromatic heterocycles. The largest absolute Gasteiger partial charge is 0.470 e. The van der Waals surface area contributed by atoms with Crippen molar-refractivity contribution in [1.29, 1.82) is 0 Å². The molecule has 252 valence electrons. The molecule has 0 saturated carbocycles. The van der Waals surface area contributed by atoms with Gasteiger partial charge < -0.3 is 29.7 Å². The van der Waals surface area contributed by atoms with Gasteiger partial charge in [-0.15, -0.1) is 15.7 Å². The Morgan fingerprint density at radius 2 is 1.98 bits per heavy atom. The molecule has 0 radical (unpaired) electrons. The van der Waals surface area contributed by atoms with Gasteiger partial charge in [-0.3, -0.25) is 14.3 Å². The first-order valence-corrected chi connectivity index (χ1v) is 19.1. The molecule has 2 aliphatic rings. The lowest BCUT2D eigenvalue weighted by molar-refractivity contribution is -0.150. The number of hydrogen-bond acceptors (Lipinski definition) is 15. The lowest BCUT2D eigenvalue weighted by Gasteiger charge is -2.27. The van der Waals surface area contributed by atoms with Crippen LogP contribution in [0.5, 0.6) is 5.88 Å². The van der Waals surface area contributed by atoms with Crippen LogP contribution in [-0.4, -0.2) is 91.9 Å². The summed E-state index contributed by atoms with van der Waals surface area (Å²) in [5.41, 5.74) is 0.571. The summed E-state index contributed by atoms with van der Waals surface area (Å²) in [5.74, 6) is 0.394. The van der Waals surface area contributed by atoms with Gasteiger partial charge in [-0.25, -0.2) is 8.42 Å². The van der Waals surface area contributed by atoms with Gasteiger partial charge in [-0.05, 0) is 70.7 Å². The van der Waals surface area contributed by atoms with E-state index in [1.165, 1.54) is 11.3 Å². The van der Waals surface area contributed by atoms with E-state index in [1.54, 1.807) is 6.92 Å². The van der Waals surface area contributed by atoms with E-state index >= 15 is 0 Å². The number of carbonyl (C=O) groups excluding carboxylic acids is 2. The molecule has 45 heavy (non-hydrogen) atoms. The van der Waals surface area contributed by atoms with Crippen LogP contribution in [0.25, 0.3) is 0 Å². The van der Waals surface area contributed by atoms with Crippen LogP contribution in [0.15, 0.2) is 14.5 Å². The Kier molecular flexibility index (Phi) is 12.9. The Bertz CT molecular complexity index is 1390. The Morgan fingerprint density at radius 1 is 1.22 bits per heavy atom. The fourth-order valence-corrected chi connectivity index (χ4v) is 9.82. The summed E-state index contributed by atoms with van der Waals surface area (Å²) < 4.78 is 55.4. The third-order valence-corrected chi connectivity index (χ3v) is 12.6. The minimum atomic E-state index is -3.39. The van der Waals surface area contributed by atoms with Gasteiger partial charge in [0.25, 0.3) is 5.88 Å². The van der Waals surface area contributed by atoms with Gasteiger partial charge in [0, 0.05) is 44.1 Å². The SMILES string of the molecule is CCN[C@H]1C[C@H](C)S(=O)(=O)c2sc(SNC(=O)CCCC(=O)O[C@@H](CNC(C)(C)C)COc3nsnc3N3CCOCC3)cc21. The average molecular weight is 705 g/mol. The Hall–Kier alpha value is -2.02. The number of nitrogens with zero attached hydrogens (tertiary/aromatic N) is 3. The fourth-order valence-electron chi connectivity index (χ4n) is 4.85. The Labute approximate surface area is 277 Å². The maximum absolute atomic E-state index is 12.9. The fraction of sp³-hybridized carbons (Fsp3) is 0.714. The zero-order valence-corrected chi connectivity index (χ0v) is 29.7. The number of nitrogens with one attached hydrogen (secondary N) is 3. The number of amides is 1. The van der Waals surface area contributed by atoms with Gasteiger partial charge in [0.2, 0.25) is 11.7 Å². The number of ether oxygens (including phenoxy) is 3. The van der Waals surface area contributed by atoms with E-state index in [4.69, 9.17) is 14.2 Å². The van der Waals surface area contributed by atoms with Crippen LogP contribution in [0, 0.1) is 0 Å². The molecule has 4 heterocycles. The van der Waals surface area contributed by atoms with Crippen LogP contribution in [0.3, 0.4) is 0 Å². The Morgan fingerprint density at radius 3 is 2.69 bits per heavy atom. The molecular formula is C28H44N6O7S4. The maximum atomic E-state index is 12.9. The van der Waals surface area contributed by atoms with Crippen molar-refractivity contribution in [3.63, 3.8) is 0 Å². The summed E-state index contributed by atoms with van der Waals surface area (Å²) in [6.45, 7) is 13.6. The Balaban J connectivity index is 1.24. The molecular weight excluding hydrogens is 661 g/mol. The second-order valence-corrected chi connectivity index (χ2v) is 17.3. The van der Waals surface area contributed by atoms with Crippen LogP contribution in [0.2, 0.25) is 0 Å². The number of hydrogen-bond donors (Lipinski definition) is 3. The summed E-state index contributed by atoms with van der Waals surface area (Å²) in [6.07, 6.45) is 0.434. The van der Waals surface area contributed by atoms with Crippen molar-refractivity contribution in [1.82, 2.24) is 24.1 Å². The number of thiophene rings is 1. The van der Waals surface area contributed by atoms with Crippen molar-refractivity contribution < 1.29 is 32.2 Å². The van der Waals surface area contributed by atoms with E-state index in [0.717, 1.165) is 35.8 Å². The van der Waals surface area contributed by atoms with Crippen molar-refractivity contribution in [2.24, 2.45) is 0 Å². The van der Waals surface area contributed by atoms with Crippen molar-refractivity contribution in [2.75, 3.05) is 50.9 Å². The lowest BCUT2D eigenvalue weighted by atomic mass is 10.1. The molecule has 1 amide bonds. The zero-order chi connectivity index (χ0) is 32.6. The highest BCUT2D eigenvalue weighted by Gasteiger charge is 2.38. The van der Waals surface area contributed by atoms with Crippen LogP contribution >= 0.6 is 35.0 Å². The van der Waals surface area contributed by atoms with Crippen molar-refractivity contribution >= 4 is 62.5 Å². The first kappa shape index (κ1) is 35.8. The summed E-state index contributed by atoms with van der Waals surface area (Å²) in [7, 11) is -3.39. The monoisotopic (exact) mass is 704 g/mol. The van der Waals surface area contributed by atoms with Gasteiger partial charge in [-0.2, -0.15) is 4.37 Å². The standard InChI is InChI=1S/C28H44N6O7S4/c1-6-29-21-14-18(2)45(37,38)27-20(21)15-24(42-27)43-31-22(35)8-7-9-23(36)41-19(16-30-28(3,4)5)17-40-26-25(32-44-33-26)34-10-12-39-13-11-34/h15,18-19,21,29-30H,6-14,16-17H2,1-5H3,(H,31,35)/t18-,19-,21-/m0/s1. The number of morpholine rings is 1. The number of rotatable bonds is 15. The molecule has 0 spiro atoms. The van der Waals surface area contributed by atoms with E-state index in [-0.39, 0.29) is 36.9 Å². The average Bonchev–Trinajstić information content (AvgIpc) is 3.65. The topological polar surface area (TPSA) is 161 Å². The highest BCUT2D eigenvalue weighted by Crippen LogP contribution is 2.43. The zero-order valence-electron chi connectivity index (χ0n) is 26.4. The van der Waals surface area contributed by atoms with Gasteiger partial charge in [0.05, 0.1) is 34.4 Å². The second kappa shape index (κ2) is 16.2. The first-order chi connectivity index (χ1) is 21.4. The molecule has 2 aliphatic heterocycles. The van der Waals surface area contributed by atoms with Gasteiger partial charge in [0.15, 0.2) is 9.84 Å². The molecule has 0 unspecified atom stereocenters. The molecule has 1 fully saturated rings. The number of carbonyl (C=O) groups is 2. The number of sulfone groups is 1. The first-order valence-electron chi connectivity index (χ1n) is 15.2. The van der Waals surface area contributed by atoms with E-state index in [0.29, 0.717) is 65.8 Å². The van der Waals surface area contributed by atoms with Crippen LogP contribution in [-0.2, 0) is 28.9 Å². The van der Waals surface area contributed by atoms with Crippen molar-refractivity contribution in [3.8, 4) is 5.88 Å². The predicted octanol–water partition coefficient (Wildman–Crippen LogP) is 3.33. The molecule has 17 heteroatoms. The minimum Gasteiger partial charge on any atom is -0.470 e. The number of anilines is 1. The van der Waals surface area contributed by atoms with Crippen molar-refractivity contribution in [3.05, 3.63) is 11.6 Å². The van der Waals surface area contributed by atoms with Crippen molar-refractivity contribution in [2.45, 2.75) is 91.7 Å². The second-order valence-electron chi connectivity index (χ2n) is 12.0. The quantitative estimate of drug-likeness (QED) is 0.183. The molecule has 0 aliphatic carbocycles. The molecule has 3 N–H and O–H groups in total. The highest BCUT2D eigenvalue weighted by molar-refractivity contribution is 8.00. The third-order valence-electron chi connectivity index (χ3n) is 7.25. The van der Waals surface area contributed by atoms with E-state index < -0.39 is 27.2 Å². The van der Waals surface area contributed by atoms with Crippen LogP contribution in [0.4, 0.5) is 5.82 Å². The number of fused-ring (bicyclic) bond motifs is 1. The van der Waals surface area contributed by atoms with Crippen LogP contribution in [0.1, 0.15) is 71.9 Å². The summed E-state index contributed by atoms with van der Waals surface area (Å²) in [4.78, 5) is 27.4. The highest BCUT2D eigenvalue weighted by atomic mass is 32.2. The minimum absolute atomic E-state index is 0.0337. The van der Waals surface area contributed by atoms with Gasteiger partial charge in [0.1, 0.15) is 16.9 Å².